The predicted molar refractivity (Wildman–Crippen MR) is 72.2 cm³/mol. The lowest BCUT2D eigenvalue weighted by molar-refractivity contribution is 0.305. The van der Waals surface area contributed by atoms with Gasteiger partial charge in [0.2, 0.25) is 0 Å². The third kappa shape index (κ3) is 4.94. The van der Waals surface area contributed by atoms with E-state index in [1.165, 1.54) is 12.8 Å². The van der Waals surface area contributed by atoms with Crippen LogP contribution in [0, 0.1) is 11.8 Å². The molecule has 0 aromatic heterocycles. The molecule has 4 heteroatoms. The zero-order chi connectivity index (χ0) is 12.7. The molecule has 1 heterocycles. The fourth-order valence-electron chi connectivity index (χ4n) is 2.47. The molecular weight excluding hydrogens is 214 g/mol. The van der Waals surface area contributed by atoms with Gasteiger partial charge >= 0.3 is 0 Å². The first kappa shape index (κ1) is 14.3. The number of aliphatic hydroxyl groups excluding tert-OH is 1. The summed E-state index contributed by atoms with van der Waals surface area (Å²) in [4.78, 5) is 6.73. The Hall–Kier alpha value is -0.770. The summed E-state index contributed by atoms with van der Waals surface area (Å²) in [6, 6.07) is 0. The first-order chi connectivity index (χ1) is 8.17. The fourth-order valence-corrected chi connectivity index (χ4v) is 2.47. The molecule has 0 aromatic carbocycles. The lowest BCUT2D eigenvalue weighted by Crippen LogP contribution is -2.40. The van der Waals surface area contributed by atoms with Crippen LogP contribution in [0.4, 0.5) is 0 Å². The average molecular weight is 241 g/mol. The molecule has 1 aliphatic heterocycles. The summed E-state index contributed by atoms with van der Waals surface area (Å²) in [6.45, 7) is 10.4. The molecule has 1 aliphatic rings. The van der Waals surface area contributed by atoms with Crippen molar-refractivity contribution in [3.63, 3.8) is 0 Å². The molecule has 0 radical (unpaired) electrons. The van der Waals surface area contributed by atoms with Gasteiger partial charge in [-0.1, -0.05) is 13.8 Å². The molecule has 0 aliphatic carbocycles. The normalized spacial score (nSPS) is 21.4. The van der Waals surface area contributed by atoms with Crippen LogP contribution in [0.5, 0.6) is 0 Å². The molecule has 0 bridgehead atoms. The summed E-state index contributed by atoms with van der Waals surface area (Å²) in [7, 11) is 0. The number of hydrogen-bond donors (Lipinski definition) is 2. The summed E-state index contributed by atoms with van der Waals surface area (Å²) in [5, 5.41) is 12.1. The number of hydrogen-bond acceptors (Lipinski definition) is 2. The van der Waals surface area contributed by atoms with E-state index in [-0.39, 0.29) is 6.61 Å². The third-order valence-corrected chi connectivity index (χ3v) is 3.09. The number of rotatable bonds is 5. The van der Waals surface area contributed by atoms with Crippen molar-refractivity contribution in [1.29, 1.82) is 0 Å². The predicted octanol–water partition coefficient (Wildman–Crippen LogP) is 1.31. The van der Waals surface area contributed by atoms with Crippen LogP contribution in [0.3, 0.4) is 0 Å². The second-order valence-electron chi connectivity index (χ2n) is 5.19. The standard InChI is InChI=1S/C13H27N3O/c1-4-14-13(15-6-8-17)16-7-5-12(10-16)9-11(2)3/h11-12,17H,4-10H2,1-3H3,(H,14,15). The van der Waals surface area contributed by atoms with Crippen molar-refractivity contribution in [2.24, 2.45) is 16.8 Å². The molecule has 1 atom stereocenters. The van der Waals surface area contributed by atoms with Gasteiger partial charge in [-0.25, -0.2) is 0 Å². The number of aliphatic hydroxyl groups is 1. The molecule has 1 unspecified atom stereocenters. The molecule has 1 rings (SSSR count). The van der Waals surface area contributed by atoms with Gasteiger partial charge in [0.05, 0.1) is 13.2 Å². The van der Waals surface area contributed by atoms with E-state index in [1.807, 2.05) is 0 Å². The van der Waals surface area contributed by atoms with E-state index >= 15 is 0 Å². The van der Waals surface area contributed by atoms with Gasteiger partial charge in [0.15, 0.2) is 5.96 Å². The summed E-state index contributed by atoms with van der Waals surface area (Å²) in [5.41, 5.74) is 0. The molecule has 0 saturated carbocycles. The molecule has 0 amide bonds. The SMILES string of the molecule is CCNC(=NCCO)N1CCC(CC(C)C)C1. The number of likely N-dealkylation sites (tertiary alicyclic amines) is 1. The van der Waals surface area contributed by atoms with Gasteiger partial charge in [0.1, 0.15) is 0 Å². The monoisotopic (exact) mass is 241 g/mol. The number of aliphatic imine (C=N–C) groups is 1. The van der Waals surface area contributed by atoms with Crippen LogP contribution in [0.15, 0.2) is 4.99 Å². The van der Waals surface area contributed by atoms with E-state index in [9.17, 15) is 0 Å². The van der Waals surface area contributed by atoms with Crippen molar-refractivity contribution in [2.75, 3.05) is 32.8 Å². The van der Waals surface area contributed by atoms with Crippen LogP contribution in [-0.4, -0.2) is 48.8 Å². The van der Waals surface area contributed by atoms with Crippen molar-refractivity contribution in [3.8, 4) is 0 Å². The Balaban J connectivity index is 2.47. The second kappa shape index (κ2) is 7.54. The number of nitrogens with zero attached hydrogens (tertiary/aromatic N) is 2. The van der Waals surface area contributed by atoms with E-state index in [2.05, 4.69) is 36.0 Å². The average Bonchev–Trinajstić information content (AvgIpc) is 2.71. The molecule has 1 saturated heterocycles. The van der Waals surface area contributed by atoms with E-state index in [0.717, 1.165) is 37.4 Å². The smallest absolute Gasteiger partial charge is 0.194 e. The van der Waals surface area contributed by atoms with Crippen molar-refractivity contribution >= 4 is 5.96 Å². The minimum atomic E-state index is 0.123. The largest absolute Gasteiger partial charge is 0.394 e. The highest BCUT2D eigenvalue weighted by atomic mass is 16.3. The van der Waals surface area contributed by atoms with Crippen molar-refractivity contribution < 1.29 is 5.11 Å². The van der Waals surface area contributed by atoms with Crippen molar-refractivity contribution in [2.45, 2.75) is 33.6 Å². The maximum Gasteiger partial charge on any atom is 0.194 e. The fraction of sp³-hybridized carbons (Fsp3) is 0.923. The maximum absolute atomic E-state index is 8.84. The zero-order valence-electron chi connectivity index (χ0n) is 11.4. The van der Waals surface area contributed by atoms with Crippen LogP contribution in [0.25, 0.3) is 0 Å². The molecule has 17 heavy (non-hydrogen) atoms. The van der Waals surface area contributed by atoms with Crippen LogP contribution < -0.4 is 5.32 Å². The summed E-state index contributed by atoms with van der Waals surface area (Å²) >= 11 is 0. The Morgan fingerprint density at radius 2 is 2.29 bits per heavy atom. The minimum absolute atomic E-state index is 0.123. The van der Waals surface area contributed by atoms with Gasteiger partial charge in [0, 0.05) is 19.6 Å². The molecular formula is C13H27N3O. The first-order valence-electron chi connectivity index (χ1n) is 6.81. The Morgan fingerprint density at radius 1 is 1.53 bits per heavy atom. The van der Waals surface area contributed by atoms with Crippen LogP contribution >= 0.6 is 0 Å². The van der Waals surface area contributed by atoms with Crippen molar-refractivity contribution in [3.05, 3.63) is 0 Å². The first-order valence-corrected chi connectivity index (χ1v) is 6.81. The molecule has 4 nitrogen and oxygen atoms in total. The van der Waals surface area contributed by atoms with Crippen LogP contribution in [-0.2, 0) is 0 Å². The van der Waals surface area contributed by atoms with Gasteiger partial charge in [-0.2, -0.15) is 0 Å². The van der Waals surface area contributed by atoms with E-state index in [4.69, 9.17) is 5.11 Å². The van der Waals surface area contributed by atoms with Crippen LogP contribution in [0.1, 0.15) is 33.6 Å². The van der Waals surface area contributed by atoms with Gasteiger partial charge in [-0.15, -0.1) is 0 Å². The Bertz CT molecular complexity index is 241. The Labute approximate surface area is 105 Å². The van der Waals surface area contributed by atoms with Gasteiger partial charge < -0.3 is 15.3 Å². The lowest BCUT2D eigenvalue weighted by atomic mass is 9.97. The lowest BCUT2D eigenvalue weighted by Gasteiger charge is -2.22. The zero-order valence-corrected chi connectivity index (χ0v) is 11.4. The molecule has 0 aromatic rings. The summed E-state index contributed by atoms with van der Waals surface area (Å²) in [5.74, 6) is 2.54. The highest BCUT2D eigenvalue weighted by molar-refractivity contribution is 5.80. The number of guanidine groups is 1. The molecule has 2 N–H and O–H groups in total. The molecule has 100 valence electrons. The van der Waals surface area contributed by atoms with Gasteiger partial charge in [0.25, 0.3) is 0 Å². The second-order valence-corrected chi connectivity index (χ2v) is 5.19. The highest BCUT2D eigenvalue weighted by Gasteiger charge is 2.25. The summed E-state index contributed by atoms with van der Waals surface area (Å²) < 4.78 is 0. The highest BCUT2D eigenvalue weighted by Crippen LogP contribution is 2.23. The Morgan fingerprint density at radius 3 is 2.88 bits per heavy atom. The maximum atomic E-state index is 8.84. The van der Waals surface area contributed by atoms with E-state index in [1.54, 1.807) is 0 Å². The van der Waals surface area contributed by atoms with Gasteiger partial charge in [-0.3, -0.25) is 4.99 Å². The number of nitrogens with one attached hydrogen (secondary N) is 1. The van der Waals surface area contributed by atoms with E-state index < -0.39 is 0 Å². The van der Waals surface area contributed by atoms with E-state index in [0.29, 0.717) is 6.54 Å². The summed E-state index contributed by atoms with van der Waals surface area (Å²) in [6.07, 6.45) is 2.57. The molecule has 1 fully saturated rings. The van der Waals surface area contributed by atoms with Gasteiger partial charge in [-0.05, 0) is 31.6 Å². The minimum Gasteiger partial charge on any atom is -0.394 e. The third-order valence-electron chi connectivity index (χ3n) is 3.09. The quantitative estimate of drug-likeness (QED) is 0.563. The molecule has 0 spiro atoms. The van der Waals surface area contributed by atoms with Crippen molar-refractivity contribution in [1.82, 2.24) is 10.2 Å². The topological polar surface area (TPSA) is 47.9 Å². The Kier molecular flexibility index (Phi) is 6.34. The van der Waals surface area contributed by atoms with Crippen LogP contribution in [0.2, 0.25) is 0 Å².